The molecule has 2 aromatic rings. The van der Waals surface area contributed by atoms with Crippen LogP contribution in [0.1, 0.15) is 35.7 Å². The maximum absolute atomic E-state index is 6.43. The summed E-state index contributed by atoms with van der Waals surface area (Å²) in [6.45, 7) is 5.07. The fourth-order valence-corrected chi connectivity index (χ4v) is 2.43. The second-order valence-corrected chi connectivity index (χ2v) is 5.04. The molecule has 0 aliphatic heterocycles. The molecule has 1 heterocycles. The molecular weight excluding hydrogens is 244 g/mol. The van der Waals surface area contributed by atoms with Crippen LogP contribution in [0, 0.1) is 6.92 Å². The van der Waals surface area contributed by atoms with Gasteiger partial charge in [-0.2, -0.15) is 5.10 Å². The first kappa shape index (κ1) is 13.2. The van der Waals surface area contributed by atoms with Gasteiger partial charge in [0.1, 0.15) is 0 Å². The van der Waals surface area contributed by atoms with Crippen molar-refractivity contribution in [1.29, 1.82) is 0 Å². The van der Waals surface area contributed by atoms with Crippen LogP contribution in [-0.4, -0.2) is 9.78 Å². The van der Waals surface area contributed by atoms with Crippen molar-refractivity contribution in [2.45, 2.75) is 38.6 Å². The van der Waals surface area contributed by atoms with Crippen LogP contribution in [0.4, 0.5) is 0 Å². The number of rotatable bonds is 5. The SMILES string of the molecule is CCn1nc(C)cc1CCC(Cl)c1ccccc1. The lowest BCUT2D eigenvalue weighted by Crippen LogP contribution is -2.04. The highest BCUT2D eigenvalue weighted by Crippen LogP contribution is 2.25. The van der Waals surface area contributed by atoms with Gasteiger partial charge in [-0.05, 0) is 38.3 Å². The summed E-state index contributed by atoms with van der Waals surface area (Å²) in [4.78, 5) is 0. The van der Waals surface area contributed by atoms with Gasteiger partial charge in [0.2, 0.25) is 0 Å². The molecule has 1 unspecified atom stereocenters. The van der Waals surface area contributed by atoms with Gasteiger partial charge in [-0.1, -0.05) is 30.3 Å². The first-order valence-corrected chi connectivity index (χ1v) is 6.86. The van der Waals surface area contributed by atoms with Gasteiger partial charge in [0, 0.05) is 12.2 Å². The van der Waals surface area contributed by atoms with Crippen LogP contribution in [0.5, 0.6) is 0 Å². The Labute approximate surface area is 114 Å². The predicted molar refractivity (Wildman–Crippen MR) is 76.0 cm³/mol. The summed E-state index contributed by atoms with van der Waals surface area (Å²) >= 11 is 6.43. The van der Waals surface area contributed by atoms with Gasteiger partial charge in [-0.3, -0.25) is 4.68 Å². The van der Waals surface area contributed by atoms with Crippen LogP contribution < -0.4 is 0 Å². The molecule has 0 N–H and O–H groups in total. The summed E-state index contributed by atoms with van der Waals surface area (Å²) in [5.74, 6) is 0. The lowest BCUT2D eigenvalue weighted by atomic mass is 10.1. The normalized spacial score (nSPS) is 12.6. The fraction of sp³-hybridized carbons (Fsp3) is 0.400. The number of hydrogen-bond acceptors (Lipinski definition) is 1. The van der Waals surface area contributed by atoms with E-state index in [1.54, 1.807) is 0 Å². The minimum atomic E-state index is 0.0757. The topological polar surface area (TPSA) is 17.8 Å². The molecule has 0 fully saturated rings. The van der Waals surface area contributed by atoms with E-state index in [4.69, 9.17) is 11.6 Å². The Hall–Kier alpha value is -1.28. The molecule has 0 radical (unpaired) electrons. The van der Waals surface area contributed by atoms with Crippen LogP contribution in [0.25, 0.3) is 0 Å². The van der Waals surface area contributed by atoms with E-state index in [9.17, 15) is 0 Å². The Bertz CT molecular complexity index is 490. The number of alkyl halides is 1. The maximum atomic E-state index is 6.43. The number of nitrogens with zero attached hydrogens (tertiary/aromatic N) is 2. The predicted octanol–water partition coefficient (Wildman–Crippen LogP) is 4.12. The zero-order valence-corrected chi connectivity index (χ0v) is 11.7. The Morgan fingerprint density at radius 2 is 2.00 bits per heavy atom. The van der Waals surface area contributed by atoms with Crippen LogP contribution >= 0.6 is 11.6 Å². The molecule has 1 aromatic carbocycles. The van der Waals surface area contributed by atoms with Crippen molar-refractivity contribution < 1.29 is 0 Å². The lowest BCUT2D eigenvalue weighted by Gasteiger charge is -2.10. The van der Waals surface area contributed by atoms with Crippen molar-refractivity contribution >= 4 is 11.6 Å². The molecule has 2 rings (SSSR count). The molecule has 1 atom stereocenters. The first-order chi connectivity index (χ1) is 8.70. The highest BCUT2D eigenvalue weighted by Gasteiger charge is 2.10. The van der Waals surface area contributed by atoms with E-state index in [0.717, 1.165) is 25.1 Å². The van der Waals surface area contributed by atoms with Gasteiger partial charge in [-0.25, -0.2) is 0 Å². The van der Waals surface area contributed by atoms with Crippen LogP contribution in [0.3, 0.4) is 0 Å². The number of hydrogen-bond donors (Lipinski definition) is 0. The Morgan fingerprint density at radius 3 is 2.67 bits per heavy atom. The maximum Gasteiger partial charge on any atom is 0.0596 e. The molecular formula is C15H19ClN2. The highest BCUT2D eigenvalue weighted by molar-refractivity contribution is 6.20. The Morgan fingerprint density at radius 1 is 1.28 bits per heavy atom. The third-order valence-electron chi connectivity index (χ3n) is 3.10. The highest BCUT2D eigenvalue weighted by atomic mass is 35.5. The van der Waals surface area contributed by atoms with E-state index in [-0.39, 0.29) is 5.38 Å². The first-order valence-electron chi connectivity index (χ1n) is 6.43. The molecule has 96 valence electrons. The van der Waals surface area contributed by atoms with Crippen LogP contribution in [-0.2, 0) is 13.0 Å². The van der Waals surface area contributed by atoms with Gasteiger partial charge in [-0.15, -0.1) is 11.6 Å². The van der Waals surface area contributed by atoms with Crippen LogP contribution in [0.15, 0.2) is 36.4 Å². The number of aryl methyl sites for hydroxylation is 3. The summed E-state index contributed by atoms with van der Waals surface area (Å²) in [5.41, 5.74) is 3.55. The van der Waals surface area contributed by atoms with E-state index in [1.807, 2.05) is 25.1 Å². The summed E-state index contributed by atoms with van der Waals surface area (Å²) < 4.78 is 2.06. The lowest BCUT2D eigenvalue weighted by molar-refractivity contribution is 0.603. The summed E-state index contributed by atoms with van der Waals surface area (Å²) in [6.07, 6.45) is 1.91. The quantitative estimate of drug-likeness (QED) is 0.741. The average molecular weight is 263 g/mol. The van der Waals surface area contributed by atoms with E-state index < -0.39 is 0 Å². The monoisotopic (exact) mass is 262 g/mol. The third kappa shape index (κ3) is 3.14. The molecule has 0 saturated heterocycles. The molecule has 2 nitrogen and oxygen atoms in total. The van der Waals surface area contributed by atoms with Crippen molar-refractivity contribution in [2.24, 2.45) is 0 Å². The van der Waals surface area contributed by atoms with Gasteiger partial charge < -0.3 is 0 Å². The Balaban J connectivity index is 1.99. The molecule has 0 saturated carbocycles. The smallest absolute Gasteiger partial charge is 0.0596 e. The minimum absolute atomic E-state index is 0.0757. The second kappa shape index (κ2) is 6.05. The molecule has 0 spiro atoms. The number of halogens is 1. The van der Waals surface area contributed by atoms with Crippen LogP contribution in [0.2, 0.25) is 0 Å². The summed E-state index contributed by atoms with van der Waals surface area (Å²) in [5, 5.41) is 4.53. The molecule has 18 heavy (non-hydrogen) atoms. The van der Waals surface area contributed by atoms with Gasteiger partial charge >= 0.3 is 0 Å². The fourth-order valence-electron chi connectivity index (χ4n) is 2.18. The molecule has 0 aliphatic carbocycles. The zero-order chi connectivity index (χ0) is 13.0. The van der Waals surface area contributed by atoms with Crippen molar-refractivity contribution in [1.82, 2.24) is 9.78 Å². The molecule has 0 bridgehead atoms. The van der Waals surface area contributed by atoms with E-state index in [1.165, 1.54) is 11.3 Å². The van der Waals surface area contributed by atoms with E-state index in [2.05, 4.69) is 34.9 Å². The van der Waals surface area contributed by atoms with Crippen molar-refractivity contribution in [3.8, 4) is 0 Å². The van der Waals surface area contributed by atoms with E-state index >= 15 is 0 Å². The molecule has 0 aliphatic rings. The minimum Gasteiger partial charge on any atom is -0.270 e. The average Bonchev–Trinajstić information content (AvgIpc) is 2.77. The van der Waals surface area contributed by atoms with Crippen molar-refractivity contribution in [2.75, 3.05) is 0 Å². The van der Waals surface area contributed by atoms with Crippen molar-refractivity contribution in [3.63, 3.8) is 0 Å². The third-order valence-corrected chi connectivity index (χ3v) is 3.57. The number of benzene rings is 1. The van der Waals surface area contributed by atoms with Gasteiger partial charge in [0.15, 0.2) is 0 Å². The van der Waals surface area contributed by atoms with Gasteiger partial charge in [0.25, 0.3) is 0 Å². The largest absolute Gasteiger partial charge is 0.270 e. The zero-order valence-electron chi connectivity index (χ0n) is 10.9. The molecule has 0 amide bonds. The summed E-state index contributed by atoms with van der Waals surface area (Å²) in [7, 11) is 0. The van der Waals surface area contributed by atoms with Crippen molar-refractivity contribution in [3.05, 3.63) is 53.3 Å². The van der Waals surface area contributed by atoms with E-state index in [0.29, 0.717) is 0 Å². The Kier molecular flexibility index (Phi) is 4.43. The van der Waals surface area contributed by atoms with Gasteiger partial charge in [0.05, 0.1) is 11.1 Å². The second-order valence-electron chi connectivity index (χ2n) is 4.51. The molecule has 1 aromatic heterocycles. The molecule has 3 heteroatoms. The summed E-state index contributed by atoms with van der Waals surface area (Å²) in [6, 6.07) is 12.4. The number of aromatic nitrogens is 2. The standard InChI is InChI=1S/C15H19ClN2/c1-3-18-14(11-12(2)17-18)9-10-15(16)13-7-5-4-6-8-13/h4-8,11,15H,3,9-10H2,1-2H3.